The number of aryl methyl sites for hydroxylation is 1. The number of aromatic hydroxyl groups is 1. The van der Waals surface area contributed by atoms with Crippen molar-refractivity contribution in [2.75, 3.05) is 33.8 Å². The number of carbonyl (C=O) groups is 2. The maximum Gasteiger partial charge on any atom is 0.295 e. The average molecular weight is 497 g/mol. The van der Waals surface area contributed by atoms with Crippen LogP contribution in [0.4, 0.5) is 0 Å². The van der Waals surface area contributed by atoms with Gasteiger partial charge in [0.15, 0.2) is 11.5 Å². The zero-order chi connectivity index (χ0) is 26.6. The van der Waals surface area contributed by atoms with Crippen molar-refractivity contribution in [2.24, 2.45) is 0 Å². The summed E-state index contributed by atoms with van der Waals surface area (Å²) >= 11 is 0. The molecule has 2 aromatic carbocycles. The molecule has 1 fully saturated rings. The summed E-state index contributed by atoms with van der Waals surface area (Å²) in [6, 6.07) is 9.09. The first-order valence-electron chi connectivity index (χ1n) is 12.2. The van der Waals surface area contributed by atoms with Crippen LogP contribution >= 0.6 is 0 Å². The van der Waals surface area contributed by atoms with E-state index in [1.807, 2.05) is 39.8 Å². The molecule has 0 bridgehead atoms. The molecular formula is C28H36N2O6. The third kappa shape index (κ3) is 5.82. The zero-order valence-electron chi connectivity index (χ0n) is 21.9. The number of hydrogen-bond donors (Lipinski definition) is 2. The Labute approximate surface area is 212 Å². The second-order valence-electron chi connectivity index (χ2n) is 9.46. The molecule has 2 aromatic rings. The number of carbonyl (C=O) groups excluding carboxylic acids is 2. The predicted molar refractivity (Wildman–Crippen MR) is 138 cm³/mol. The minimum atomic E-state index is -0.820. The smallest absolute Gasteiger partial charge is 0.295 e. The third-order valence-electron chi connectivity index (χ3n) is 5.95. The number of phenols is 1. The van der Waals surface area contributed by atoms with E-state index in [4.69, 9.17) is 9.47 Å². The van der Waals surface area contributed by atoms with Gasteiger partial charge in [-0.25, -0.2) is 0 Å². The molecule has 1 heterocycles. The molecule has 8 heteroatoms. The van der Waals surface area contributed by atoms with Gasteiger partial charge in [-0.2, -0.15) is 0 Å². The fourth-order valence-electron chi connectivity index (χ4n) is 4.32. The Morgan fingerprint density at radius 2 is 1.83 bits per heavy atom. The molecule has 0 aliphatic carbocycles. The number of Topliss-reactive ketones (excluding diaryl/α,β-unsaturated/α-hetero) is 1. The quantitative estimate of drug-likeness (QED) is 0.288. The number of hydrogen-bond acceptors (Lipinski definition) is 7. The second kappa shape index (κ2) is 11.5. The van der Waals surface area contributed by atoms with Gasteiger partial charge in [-0.05, 0) is 96.2 Å². The van der Waals surface area contributed by atoms with Crippen LogP contribution in [0.25, 0.3) is 5.76 Å². The Balaban J connectivity index is 2.13. The highest BCUT2D eigenvalue weighted by Crippen LogP contribution is 2.42. The lowest BCUT2D eigenvalue weighted by atomic mass is 9.94. The largest absolute Gasteiger partial charge is 0.507 e. The van der Waals surface area contributed by atoms with Gasteiger partial charge >= 0.3 is 0 Å². The van der Waals surface area contributed by atoms with Crippen LogP contribution in [0.3, 0.4) is 0 Å². The zero-order valence-corrected chi connectivity index (χ0v) is 21.9. The number of rotatable bonds is 10. The normalized spacial score (nSPS) is 17.3. The fraction of sp³-hybridized carbons (Fsp3) is 0.429. The third-order valence-corrected chi connectivity index (χ3v) is 5.95. The van der Waals surface area contributed by atoms with Gasteiger partial charge in [0.25, 0.3) is 11.7 Å². The summed E-state index contributed by atoms with van der Waals surface area (Å²) in [5, 5.41) is 21.5. The van der Waals surface area contributed by atoms with Crippen molar-refractivity contribution in [1.82, 2.24) is 9.80 Å². The van der Waals surface area contributed by atoms with Crippen LogP contribution in [-0.4, -0.2) is 71.6 Å². The highest BCUT2D eigenvalue weighted by molar-refractivity contribution is 6.46. The molecule has 2 N–H and O–H groups in total. The SMILES string of the molecule is CCOc1cc([C@H]2C(=C(O)c3ccc(OC(C)C)c(C)c3)C(=O)C(=O)N2CCCN(C)C)ccc1O. The van der Waals surface area contributed by atoms with E-state index in [0.717, 1.165) is 12.1 Å². The number of aliphatic hydroxyl groups excluding tert-OH is 1. The Kier molecular flexibility index (Phi) is 8.63. The van der Waals surface area contributed by atoms with Gasteiger partial charge in [-0.3, -0.25) is 9.59 Å². The summed E-state index contributed by atoms with van der Waals surface area (Å²) in [7, 11) is 3.88. The first kappa shape index (κ1) is 27.1. The lowest BCUT2D eigenvalue weighted by Crippen LogP contribution is -2.32. The topological polar surface area (TPSA) is 99.5 Å². The van der Waals surface area contributed by atoms with Crippen molar-refractivity contribution in [3.63, 3.8) is 0 Å². The van der Waals surface area contributed by atoms with Crippen LogP contribution in [0.1, 0.15) is 49.9 Å². The number of amides is 1. The second-order valence-corrected chi connectivity index (χ2v) is 9.46. The summed E-state index contributed by atoms with van der Waals surface area (Å²) in [4.78, 5) is 29.9. The number of likely N-dealkylation sites (tertiary alicyclic amines) is 1. The monoisotopic (exact) mass is 496 g/mol. The Morgan fingerprint density at radius 1 is 1.11 bits per heavy atom. The minimum absolute atomic E-state index is 0.00918. The number of aliphatic hydroxyl groups is 1. The summed E-state index contributed by atoms with van der Waals surface area (Å²) in [6.45, 7) is 8.92. The molecule has 194 valence electrons. The van der Waals surface area contributed by atoms with Gasteiger partial charge in [0.1, 0.15) is 11.5 Å². The maximum atomic E-state index is 13.3. The molecule has 0 spiro atoms. The molecule has 8 nitrogen and oxygen atoms in total. The van der Waals surface area contributed by atoms with Crippen LogP contribution < -0.4 is 9.47 Å². The van der Waals surface area contributed by atoms with E-state index >= 15 is 0 Å². The van der Waals surface area contributed by atoms with Crippen LogP contribution in [0.5, 0.6) is 17.2 Å². The standard InChI is InChI=1S/C28H36N2O6/c1-7-35-23-16-19(9-11-21(23)31)25-24(27(33)28(34)30(25)14-8-13-29(5)6)26(32)20-10-12-22(18(4)15-20)36-17(2)3/h9-12,15-17,25,31-32H,7-8,13-14H2,1-6H3/t25-/m0/s1. The van der Waals surface area contributed by atoms with Gasteiger partial charge in [0.05, 0.1) is 24.3 Å². The van der Waals surface area contributed by atoms with E-state index in [1.54, 1.807) is 37.3 Å². The highest BCUT2D eigenvalue weighted by Gasteiger charge is 2.46. The lowest BCUT2D eigenvalue weighted by Gasteiger charge is -2.26. The van der Waals surface area contributed by atoms with Crippen LogP contribution in [0.2, 0.25) is 0 Å². The molecule has 0 radical (unpaired) electrons. The number of ketones is 1. The molecule has 1 saturated heterocycles. The summed E-state index contributed by atoms with van der Waals surface area (Å²) in [6.07, 6.45) is 0.637. The first-order chi connectivity index (χ1) is 17.0. The van der Waals surface area contributed by atoms with Crippen molar-refractivity contribution in [1.29, 1.82) is 0 Å². The number of ether oxygens (including phenoxy) is 2. The van der Waals surface area contributed by atoms with Crippen molar-refractivity contribution >= 4 is 17.4 Å². The molecule has 1 aliphatic heterocycles. The number of phenolic OH excluding ortho intramolecular Hbond substituents is 1. The van der Waals surface area contributed by atoms with Crippen molar-refractivity contribution in [2.45, 2.75) is 46.3 Å². The van der Waals surface area contributed by atoms with Gasteiger partial charge in [0, 0.05) is 12.1 Å². The van der Waals surface area contributed by atoms with Crippen LogP contribution in [0, 0.1) is 6.92 Å². The van der Waals surface area contributed by atoms with E-state index in [1.165, 1.54) is 11.0 Å². The van der Waals surface area contributed by atoms with Gasteiger partial charge in [0.2, 0.25) is 0 Å². The lowest BCUT2D eigenvalue weighted by molar-refractivity contribution is -0.139. The van der Waals surface area contributed by atoms with Crippen molar-refractivity contribution < 1.29 is 29.3 Å². The summed E-state index contributed by atoms with van der Waals surface area (Å²) in [5.74, 6) is -0.765. The van der Waals surface area contributed by atoms with Crippen molar-refractivity contribution in [3.05, 3.63) is 58.7 Å². The molecule has 0 aromatic heterocycles. The first-order valence-corrected chi connectivity index (χ1v) is 12.2. The van der Waals surface area contributed by atoms with Crippen molar-refractivity contribution in [3.8, 4) is 17.2 Å². The highest BCUT2D eigenvalue weighted by atomic mass is 16.5. The van der Waals surface area contributed by atoms with E-state index in [-0.39, 0.29) is 28.9 Å². The van der Waals surface area contributed by atoms with Gasteiger partial charge in [-0.1, -0.05) is 6.07 Å². The van der Waals surface area contributed by atoms with E-state index in [9.17, 15) is 19.8 Å². The Morgan fingerprint density at radius 3 is 2.44 bits per heavy atom. The Hall–Kier alpha value is -3.52. The summed E-state index contributed by atoms with van der Waals surface area (Å²) in [5.41, 5.74) is 1.80. The van der Waals surface area contributed by atoms with Gasteiger partial charge in [-0.15, -0.1) is 0 Å². The van der Waals surface area contributed by atoms with E-state index in [0.29, 0.717) is 36.4 Å². The fourth-order valence-corrected chi connectivity index (χ4v) is 4.32. The number of nitrogens with zero attached hydrogens (tertiary/aromatic N) is 2. The minimum Gasteiger partial charge on any atom is -0.507 e. The molecule has 1 atom stereocenters. The molecule has 36 heavy (non-hydrogen) atoms. The van der Waals surface area contributed by atoms with Crippen LogP contribution in [-0.2, 0) is 9.59 Å². The molecule has 3 rings (SSSR count). The average Bonchev–Trinajstić information content (AvgIpc) is 3.06. The molecule has 1 amide bonds. The van der Waals surface area contributed by atoms with Gasteiger partial charge < -0.3 is 29.5 Å². The van der Waals surface area contributed by atoms with E-state index in [2.05, 4.69) is 0 Å². The molecular weight excluding hydrogens is 460 g/mol. The summed E-state index contributed by atoms with van der Waals surface area (Å²) < 4.78 is 11.3. The van der Waals surface area contributed by atoms with Crippen LogP contribution in [0.15, 0.2) is 42.0 Å². The number of benzene rings is 2. The molecule has 0 saturated carbocycles. The Bertz CT molecular complexity index is 1150. The predicted octanol–water partition coefficient (Wildman–Crippen LogP) is 4.26. The molecule has 0 unspecified atom stereocenters. The molecule has 1 aliphatic rings. The van der Waals surface area contributed by atoms with E-state index < -0.39 is 17.7 Å². The maximum absolute atomic E-state index is 13.3.